The van der Waals surface area contributed by atoms with E-state index < -0.39 is 23.5 Å². The Kier molecular flexibility index (Phi) is 5.33. The van der Waals surface area contributed by atoms with Crippen LogP contribution in [0.4, 0.5) is 26.3 Å². The summed E-state index contributed by atoms with van der Waals surface area (Å²) in [5, 5.41) is 3.08. The predicted molar refractivity (Wildman–Crippen MR) is 88.5 cm³/mol. The molecule has 0 aliphatic carbocycles. The average molecular weight is 403 g/mol. The van der Waals surface area contributed by atoms with Crippen LogP contribution in [0.25, 0.3) is 11.1 Å². The molecule has 2 heterocycles. The van der Waals surface area contributed by atoms with Crippen molar-refractivity contribution in [2.24, 2.45) is 0 Å². The van der Waals surface area contributed by atoms with E-state index >= 15 is 0 Å². The average Bonchev–Trinajstić information content (AvgIpc) is 2.66. The second-order valence-corrected chi connectivity index (χ2v) is 6.30. The number of aromatic nitrogens is 1. The summed E-state index contributed by atoms with van der Waals surface area (Å²) in [7, 11) is 0. The lowest BCUT2D eigenvalue weighted by Gasteiger charge is -2.27. The molecule has 3 rings (SSSR count). The molecule has 4 nitrogen and oxygen atoms in total. The summed E-state index contributed by atoms with van der Waals surface area (Å²) >= 11 is 0. The second-order valence-electron chi connectivity index (χ2n) is 6.30. The number of benzene rings is 1. The van der Waals surface area contributed by atoms with Crippen molar-refractivity contribution in [2.45, 2.75) is 12.4 Å². The summed E-state index contributed by atoms with van der Waals surface area (Å²) in [4.78, 5) is 17.9. The van der Waals surface area contributed by atoms with Crippen LogP contribution in [0.5, 0.6) is 0 Å². The number of halogens is 6. The van der Waals surface area contributed by atoms with Crippen molar-refractivity contribution in [1.29, 1.82) is 0 Å². The van der Waals surface area contributed by atoms with Crippen molar-refractivity contribution in [3.8, 4) is 11.1 Å². The van der Waals surface area contributed by atoms with Gasteiger partial charge in [0.1, 0.15) is 0 Å². The first kappa shape index (κ1) is 20.1. The van der Waals surface area contributed by atoms with Crippen LogP contribution in [0.2, 0.25) is 0 Å². The summed E-state index contributed by atoms with van der Waals surface area (Å²) in [6.45, 7) is 2.10. The molecule has 0 radical (unpaired) electrons. The minimum atomic E-state index is -4.95. The van der Waals surface area contributed by atoms with E-state index in [0.717, 1.165) is 6.20 Å². The highest BCUT2D eigenvalue weighted by Crippen LogP contribution is 2.38. The molecule has 0 unspecified atom stereocenters. The molecule has 0 bridgehead atoms. The van der Waals surface area contributed by atoms with Gasteiger partial charge in [-0.15, -0.1) is 0 Å². The van der Waals surface area contributed by atoms with Gasteiger partial charge in [-0.1, -0.05) is 0 Å². The number of amides is 1. The van der Waals surface area contributed by atoms with Gasteiger partial charge in [0.25, 0.3) is 5.91 Å². The molecular formula is C18H15F6N3O. The largest absolute Gasteiger partial charge is 0.416 e. The molecule has 2 aromatic rings. The van der Waals surface area contributed by atoms with Gasteiger partial charge < -0.3 is 10.2 Å². The maximum absolute atomic E-state index is 13.1. The van der Waals surface area contributed by atoms with E-state index in [0.29, 0.717) is 38.3 Å². The van der Waals surface area contributed by atoms with Gasteiger partial charge in [-0.25, -0.2) is 0 Å². The minimum absolute atomic E-state index is 0.00224. The Morgan fingerprint density at radius 1 is 0.857 bits per heavy atom. The molecule has 150 valence electrons. The molecule has 1 amide bonds. The number of hydrogen-bond donors (Lipinski definition) is 1. The predicted octanol–water partition coefficient (Wildman–Crippen LogP) is 3.83. The minimum Gasteiger partial charge on any atom is -0.336 e. The van der Waals surface area contributed by atoms with Crippen LogP contribution in [0, 0.1) is 0 Å². The number of alkyl halides is 6. The molecule has 10 heteroatoms. The van der Waals surface area contributed by atoms with Gasteiger partial charge in [0.05, 0.1) is 16.7 Å². The number of nitrogens with zero attached hydrogens (tertiary/aromatic N) is 2. The van der Waals surface area contributed by atoms with E-state index in [-0.39, 0.29) is 28.7 Å². The number of pyridine rings is 1. The van der Waals surface area contributed by atoms with Crippen LogP contribution in [-0.2, 0) is 12.4 Å². The van der Waals surface area contributed by atoms with Gasteiger partial charge in [0.2, 0.25) is 0 Å². The summed E-state index contributed by atoms with van der Waals surface area (Å²) in [6.07, 6.45) is -7.52. The molecule has 1 aliphatic rings. The molecule has 1 aliphatic heterocycles. The van der Waals surface area contributed by atoms with E-state index in [2.05, 4.69) is 10.3 Å². The molecule has 1 aromatic carbocycles. The third-order valence-electron chi connectivity index (χ3n) is 4.31. The van der Waals surface area contributed by atoms with Crippen molar-refractivity contribution in [2.75, 3.05) is 26.2 Å². The third-order valence-corrected chi connectivity index (χ3v) is 4.31. The molecule has 0 atom stereocenters. The van der Waals surface area contributed by atoms with Crippen molar-refractivity contribution < 1.29 is 31.1 Å². The summed E-state index contributed by atoms with van der Waals surface area (Å²) in [6, 6.07) is 2.55. The van der Waals surface area contributed by atoms with E-state index in [1.807, 2.05) is 0 Å². The SMILES string of the molecule is O=C(c1cncc(-c2cc(C(F)(F)F)cc(C(F)(F)F)c2)c1)N1CCNCC1. The fourth-order valence-electron chi connectivity index (χ4n) is 2.89. The first-order chi connectivity index (χ1) is 13.1. The maximum Gasteiger partial charge on any atom is 0.416 e. The Bertz CT molecular complexity index is 840. The van der Waals surface area contributed by atoms with E-state index in [4.69, 9.17) is 0 Å². The third kappa shape index (κ3) is 4.44. The second kappa shape index (κ2) is 7.42. The van der Waals surface area contributed by atoms with Crippen molar-refractivity contribution in [1.82, 2.24) is 15.2 Å². The van der Waals surface area contributed by atoms with E-state index in [9.17, 15) is 31.1 Å². The standard InChI is InChI=1S/C18H15F6N3O/c19-17(20,21)14-6-11(7-15(8-14)18(22,23)24)12-5-13(10-26-9-12)16(28)27-3-1-25-2-4-27/h5-10,25H,1-4H2. The number of carbonyl (C=O) groups is 1. The van der Waals surface area contributed by atoms with Crippen molar-refractivity contribution in [3.05, 3.63) is 53.3 Å². The number of nitrogens with one attached hydrogen (secondary N) is 1. The number of carbonyl (C=O) groups excluding carboxylic acids is 1. The van der Waals surface area contributed by atoms with Crippen molar-refractivity contribution in [3.63, 3.8) is 0 Å². The van der Waals surface area contributed by atoms with E-state index in [1.54, 1.807) is 4.90 Å². The highest BCUT2D eigenvalue weighted by atomic mass is 19.4. The zero-order valence-electron chi connectivity index (χ0n) is 14.4. The Labute approximate surface area is 156 Å². The van der Waals surface area contributed by atoms with Gasteiger partial charge in [0, 0.05) is 44.1 Å². The van der Waals surface area contributed by atoms with Crippen LogP contribution in [0.15, 0.2) is 36.7 Å². The quantitative estimate of drug-likeness (QED) is 0.776. The monoisotopic (exact) mass is 403 g/mol. The van der Waals surface area contributed by atoms with Crippen LogP contribution in [0.3, 0.4) is 0 Å². The normalized spacial score (nSPS) is 15.6. The lowest BCUT2D eigenvalue weighted by Crippen LogP contribution is -2.46. The Hall–Kier alpha value is -2.62. The van der Waals surface area contributed by atoms with Gasteiger partial charge in [-0.05, 0) is 29.8 Å². The Morgan fingerprint density at radius 3 is 1.96 bits per heavy atom. The molecule has 1 fully saturated rings. The topological polar surface area (TPSA) is 45.2 Å². The molecule has 1 aromatic heterocycles. The molecule has 1 N–H and O–H groups in total. The maximum atomic E-state index is 13.1. The molecule has 0 saturated carbocycles. The molecule has 0 spiro atoms. The number of rotatable bonds is 2. The number of piperazine rings is 1. The first-order valence-electron chi connectivity index (χ1n) is 8.30. The zero-order valence-corrected chi connectivity index (χ0v) is 14.4. The summed E-state index contributed by atoms with van der Waals surface area (Å²) in [5.74, 6) is -0.376. The Balaban J connectivity index is 2.02. The zero-order chi connectivity index (χ0) is 20.5. The summed E-state index contributed by atoms with van der Waals surface area (Å²) in [5.41, 5.74) is -3.06. The molecule has 28 heavy (non-hydrogen) atoms. The fourth-order valence-corrected chi connectivity index (χ4v) is 2.89. The first-order valence-corrected chi connectivity index (χ1v) is 8.30. The van der Waals surface area contributed by atoms with Gasteiger partial charge in [0.15, 0.2) is 0 Å². The molecule has 1 saturated heterocycles. The van der Waals surface area contributed by atoms with Crippen LogP contribution in [-0.4, -0.2) is 42.0 Å². The van der Waals surface area contributed by atoms with Crippen LogP contribution >= 0.6 is 0 Å². The highest BCUT2D eigenvalue weighted by Gasteiger charge is 2.37. The lowest BCUT2D eigenvalue weighted by atomic mass is 9.99. The van der Waals surface area contributed by atoms with Gasteiger partial charge in [-0.2, -0.15) is 26.3 Å². The van der Waals surface area contributed by atoms with Crippen LogP contribution < -0.4 is 5.32 Å². The summed E-state index contributed by atoms with van der Waals surface area (Å²) < 4.78 is 78.3. The fraction of sp³-hybridized carbons (Fsp3) is 0.333. The van der Waals surface area contributed by atoms with Crippen LogP contribution in [0.1, 0.15) is 21.5 Å². The lowest BCUT2D eigenvalue weighted by molar-refractivity contribution is -0.143. The van der Waals surface area contributed by atoms with Gasteiger partial charge in [-0.3, -0.25) is 9.78 Å². The molecular weight excluding hydrogens is 388 g/mol. The Morgan fingerprint density at radius 2 is 1.43 bits per heavy atom. The smallest absolute Gasteiger partial charge is 0.336 e. The van der Waals surface area contributed by atoms with E-state index in [1.165, 1.54) is 12.3 Å². The van der Waals surface area contributed by atoms with Crippen molar-refractivity contribution >= 4 is 5.91 Å². The highest BCUT2D eigenvalue weighted by molar-refractivity contribution is 5.95. The number of hydrogen-bond acceptors (Lipinski definition) is 3. The van der Waals surface area contributed by atoms with Gasteiger partial charge >= 0.3 is 12.4 Å².